The Kier molecular flexibility index (Phi) is 6.01. The van der Waals surface area contributed by atoms with Crippen LogP contribution in [0.2, 0.25) is 0 Å². The first-order chi connectivity index (χ1) is 11.3. The lowest BCUT2D eigenvalue weighted by atomic mass is 10.1. The Balaban J connectivity index is 2.07. The summed E-state index contributed by atoms with van der Waals surface area (Å²) in [6, 6.07) is 4.99. The first-order valence-electron chi connectivity index (χ1n) is 7.48. The van der Waals surface area contributed by atoms with E-state index in [1.807, 2.05) is 25.3 Å². The topological polar surface area (TPSA) is 70.7 Å². The van der Waals surface area contributed by atoms with Gasteiger partial charge in [0.2, 0.25) is 11.5 Å². The highest BCUT2D eigenvalue weighted by molar-refractivity contribution is 9.10. The van der Waals surface area contributed by atoms with Crippen LogP contribution >= 0.6 is 15.9 Å². The molecule has 0 spiro atoms. The van der Waals surface area contributed by atoms with Gasteiger partial charge in [0, 0.05) is 24.1 Å². The van der Waals surface area contributed by atoms with Crippen molar-refractivity contribution in [3.05, 3.63) is 45.6 Å². The van der Waals surface area contributed by atoms with Crippen LogP contribution in [0, 0.1) is 13.8 Å². The third-order valence-electron chi connectivity index (χ3n) is 3.74. The molecular weight excluding hydrogens is 378 g/mol. The fourth-order valence-electron chi connectivity index (χ4n) is 2.76. The molecule has 130 valence electrons. The fourth-order valence-corrected chi connectivity index (χ4v) is 3.06. The maximum Gasteiger partial charge on any atom is 0.374 e. The van der Waals surface area contributed by atoms with E-state index < -0.39 is 5.97 Å². The number of furan rings is 1. The summed E-state index contributed by atoms with van der Waals surface area (Å²) in [5, 5.41) is 0. The van der Waals surface area contributed by atoms with Gasteiger partial charge in [-0.2, -0.15) is 0 Å². The molecule has 24 heavy (non-hydrogen) atoms. The predicted octanol–water partition coefficient (Wildman–Crippen LogP) is 3.71. The van der Waals surface area contributed by atoms with E-state index in [9.17, 15) is 9.59 Å². The molecule has 1 unspecified atom stereocenters. The number of aryl methyl sites for hydroxylation is 1. The Morgan fingerprint density at radius 1 is 1.33 bits per heavy atom. The summed E-state index contributed by atoms with van der Waals surface area (Å²) in [6.07, 6.45) is 0. The highest BCUT2D eigenvalue weighted by Crippen LogP contribution is 2.21. The number of carbonyl (C=O) groups is 2. The molecule has 1 atom stereocenters. The second-order valence-electron chi connectivity index (χ2n) is 5.56. The fraction of sp³-hybridized carbons (Fsp3) is 0.412. The minimum absolute atomic E-state index is 0.0499. The molecule has 0 amide bonds. The summed E-state index contributed by atoms with van der Waals surface area (Å²) in [5.41, 5.74) is 2.34. The lowest BCUT2D eigenvalue weighted by Crippen LogP contribution is -2.16. The molecule has 0 saturated carbocycles. The number of carbonyl (C=O) groups excluding carboxylic acids is 2. The number of aromatic nitrogens is 1. The highest BCUT2D eigenvalue weighted by Gasteiger charge is 2.21. The molecule has 0 aromatic carbocycles. The first kappa shape index (κ1) is 18.5. The number of ketones is 1. The number of rotatable bonds is 7. The molecule has 0 radical (unpaired) electrons. The van der Waals surface area contributed by atoms with Crippen LogP contribution in [-0.4, -0.2) is 36.6 Å². The average molecular weight is 398 g/mol. The maximum atomic E-state index is 12.4. The molecule has 0 N–H and O–H groups in total. The van der Waals surface area contributed by atoms with E-state index in [0.717, 1.165) is 11.4 Å². The zero-order valence-electron chi connectivity index (χ0n) is 14.1. The normalized spacial score (nSPS) is 12.2. The van der Waals surface area contributed by atoms with Gasteiger partial charge in [0.25, 0.3) is 0 Å². The minimum Gasteiger partial charge on any atom is -0.451 e. The van der Waals surface area contributed by atoms with Gasteiger partial charge in [0.05, 0.1) is 12.6 Å². The van der Waals surface area contributed by atoms with Crippen molar-refractivity contribution in [2.45, 2.75) is 26.8 Å². The third-order valence-corrected chi connectivity index (χ3v) is 4.17. The summed E-state index contributed by atoms with van der Waals surface area (Å²) < 4.78 is 17.8. The SMILES string of the molecule is COCC(C)n1c(C)cc(C(=O)COC(=O)c2ccc(Br)o2)c1C. The Bertz CT molecular complexity index is 746. The molecule has 0 saturated heterocycles. The third kappa shape index (κ3) is 3.96. The largest absolute Gasteiger partial charge is 0.451 e. The van der Waals surface area contributed by atoms with Crippen LogP contribution in [0.5, 0.6) is 0 Å². The Morgan fingerprint density at radius 2 is 2.04 bits per heavy atom. The monoisotopic (exact) mass is 397 g/mol. The number of methoxy groups -OCH3 is 1. The molecule has 6 nitrogen and oxygen atoms in total. The van der Waals surface area contributed by atoms with Crippen LogP contribution in [-0.2, 0) is 9.47 Å². The highest BCUT2D eigenvalue weighted by atomic mass is 79.9. The summed E-state index contributed by atoms with van der Waals surface area (Å²) in [6.45, 7) is 6.04. The summed E-state index contributed by atoms with van der Waals surface area (Å²) in [4.78, 5) is 24.2. The van der Waals surface area contributed by atoms with Gasteiger partial charge < -0.3 is 18.5 Å². The molecule has 2 rings (SSSR count). The van der Waals surface area contributed by atoms with E-state index in [2.05, 4.69) is 15.9 Å². The van der Waals surface area contributed by atoms with E-state index in [4.69, 9.17) is 13.9 Å². The molecule has 0 fully saturated rings. The quantitative estimate of drug-likeness (QED) is 0.525. The zero-order chi connectivity index (χ0) is 17.9. The van der Waals surface area contributed by atoms with E-state index >= 15 is 0 Å². The van der Waals surface area contributed by atoms with Crippen LogP contribution in [0.3, 0.4) is 0 Å². The number of nitrogens with zero attached hydrogens (tertiary/aromatic N) is 1. The molecule has 0 aliphatic rings. The number of halogens is 1. The Hall–Kier alpha value is -1.86. The van der Waals surface area contributed by atoms with Gasteiger partial charge in [0.1, 0.15) is 0 Å². The van der Waals surface area contributed by atoms with Crippen LogP contribution in [0.1, 0.15) is 45.3 Å². The Morgan fingerprint density at radius 3 is 2.62 bits per heavy atom. The number of Topliss-reactive ketones (excluding diaryl/α,β-unsaturated/α-hetero) is 1. The van der Waals surface area contributed by atoms with Crippen LogP contribution < -0.4 is 0 Å². The summed E-state index contributed by atoms with van der Waals surface area (Å²) in [7, 11) is 1.64. The standard InChI is InChI=1S/C17H20BrNO5/c1-10-7-13(12(3)19(10)11(2)8-22-4)14(20)9-23-17(21)15-5-6-16(18)24-15/h5-7,11H,8-9H2,1-4H3. The van der Waals surface area contributed by atoms with Gasteiger partial charge >= 0.3 is 5.97 Å². The number of ether oxygens (including phenoxy) is 2. The number of hydrogen-bond donors (Lipinski definition) is 0. The Labute approximate surface area is 148 Å². The van der Waals surface area contributed by atoms with Gasteiger partial charge in [-0.15, -0.1) is 0 Å². The molecule has 2 aromatic rings. The second-order valence-corrected chi connectivity index (χ2v) is 6.34. The zero-order valence-corrected chi connectivity index (χ0v) is 15.7. The van der Waals surface area contributed by atoms with E-state index in [1.165, 1.54) is 6.07 Å². The summed E-state index contributed by atoms with van der Waals surface area (Å²) >= 11 is 3.11. The summed E-state index contributed by atoms with van der Waals surface area (Å²) in [5.74, 6) is -0.873. The van der Waals surface area contributed by atoms with Crippen molar-refractivity contribution in [2.75, 3.05) is 20.3 Å². The minimum atomic E-state index is -0.671. The van der Waals surface area contributed by atoms with Crippen molar-refractivity contribution in [1.82, 2.24) is 4.57 Å². The van der Waals surface area contributed by atoms with Crippen molar-refractivity contribution in [3.63, 3.8) is 0 Å². The van der Waals surface area contributed by atoms with Crippen LogP contribution in [0.15, 0.2) is 27.3 Å². The molecule has 0 aliphatic carbocycles. The maximum absolute atomic E-state index is 12.4. The lowest BCUT2D eigenvalue weighted by molar-refractivity contribution is 0.0442. The number of esters is 1. The van der Waals surface area contributed by atoms with Crippen molar-refractivity contribution in [1.29, 1.82) is 0 Å². The van der Waals surface area contributed by atoms with Gasteiger partial charge in [-0.1, -0.05) is 0 Å². The molecule has 7 heteroatoms. The van der Waals surface area contributed by atoms with Gasteiger partial charge in [-0.3, -0.25) is 4.79 Å². The molecule has 2 heterocycles. The van der Waals surface area contributed by atoms with E-state index in [1.54, 1.807) is 19.2 Å². The van der Waals surface area contributed by atoms with Gasteiger partial charge in [0.15, 0.2) is 11.3 Å². The predicted molar refractivity (Wildman–Crippen MR) is 91.5 cm³/mol. The van der Waals surface area contributed by atoms with E-state index in [0.29, 0.717) is 16.8 Å². The molecular formula is C17H20BrNO5. The van der Waals surface area contributed by atoms with Crippen molar-refractivity contribution >= 4 is 27.7 Å². The van der Waals surface area contributed by atoms with Crippen molar-refractivity contribution in [2.24, 2.45) is 0 Å². The van der Waals surface area contributed by atoms with Crippen molar-refractivity contribution in [3.8, 4) is 0 Å². The molecule has 2 aromatic heterocycles. The smallest absolute Gasteiger partial charge is 0.374 e. The van der Waals surface area contributed by atoms with Crippen LogP contribution in [0.4, 0.5) is 0 Å². The molecule has 0 aliphatic heterocycles. The first-order valence-corrected chi connectivity index (χ1v) is 8.27. The molecule has 0 bridgehead atoms. The van der Waals surface area contributed by atoms with Gasteiger partial charge in [-0.25, -0.2) is 4.79 Å². The van der Waals surface area contributed by atoms with Gasteiger partial charge in [-0.05, 0) is 54.9 Å². The van der Waals surface area contributed by atoms with Crippen molar-refractivity contribution < 1.29 is 23.5 Å². The lowest BCUT2D eigenvalue weighted by Gasteiger charge is -2.17. The van der Waals surface area contributed by atoms with Crippen LogP contribution in [0.25, 0.3) is 0 Å². The second kappa shape index (κ2) is 7.81. The average Bonchev–Trinajstić information content (AvgIpc) is 3.08. The number of hydrogen-bond acceptors (Lipinski definition) is 5. The van der Waals surface area contributed by atoms with E-state index in [-0.39, 0.29) is 24.2 Å².